The van der Waals surface area contributed by atoms with Gasteiger partial charge in [-0.25, -0.2) is 0 Å². The summed E-state index contributed by atoms with van der Waals surface area (Å²) in [5.74, 6) is -0.851. The largest absolute Gasteiger partial charge is 0.496 e. The van der Waals surface area contributed by atoms with Crippen molar-refractivity contribution in [2.45, 2.75) is 6.92 Å². The fourth-order valence-corrected chi connectivity index (χ4v) is 1.98. The number of nitrogens with one attached hydrogen (secondary N) is 1. The molecule has 8 heteroatoms. The van der Waals surface area contributed by atoms with E-state index < -0.39 is 11.9 Å². The molecule has 0 aliphatic heterocycles. The SMILES string of the molecule is COc1ccccc1-c1cc(NC(C)=O)c(C(=O)N=C(N)N)o1. The third kappa shape index (κ3) is 3.67. The first-order valence-corrected chi connectivity index (χ1v) is 6.61. The van der Waals surface area contributed by atoms with Crippen LogP contribution < -0.4 is 21.5 Å². The molecule has 8 nitrogen and oxygen atoms in total. The molecule has 0 atom stereocenters. The lowest BCUT2D eigenvalue weighted by atomic mass is 10.1. The molecule has 2 rings (SSSR count). The van der Waals surface area contributed by atoms with Gasteiger partial charge in [0.15, 0.2) is 5.96 Å². The van der Waals surface area contributed by atoms with E-state index >= 15 is 0 Å². The first-order valence-electron chi connectivity index (χ1n) is 6.61. The van der Waals surface area contributed by atoms with Gasteiger partial charge in [-0.1, -0.05) is 12.1 Å². The quantitative estimate of drug-likeness (QED) is 0.575. The van der Waals surface area contributed by atoms with Gasteiger partial charge >= 0.3 is 5.91 Å². The maximum atomic E-state index is 12.0. The Morgan fingerprint density at radius 2 is 1.96 bits per heavy atom. The van der Waals surface area contributed by atoms with E-state index in [4.69, 9.17) is 20.6 Å². The van der Waals surface area contributed by atoms with E-state index in [-0.39, 0.29) is 17.4 Å². The van der Waals surface area contributed by atoms with Crippen molar-refractivity contribution in [1.82, 2.24) is 0 Å². The number of ether oxygens (including phenoxy) is 1. The molecule has 0 radical (unpaired) electrons. The number of carbonyl (C=O) groups excluding carboxylic acids is 2. The Morgan fingerprint density at radius 1 is 1.26 bits per heavy atom. The van der Waals surface area contributed by atoms with Crippen molar-refractivity contribution in [2.75, 3.05) is 12.4 Å². The standard InChI is InChI=1S/C15H16N4O4/c1-8(20)18-10-7-12(9-5-3-4-6-11(9)22-2)23-13(10)14(21)19-15(16)17/h3-7H,1-2H3,(H,18,20)(H4,16,17,19,21). The number of hydrogen-bond donors (Lipinski definition) is 3. The Labute approximate surface area is 132 Å². The number of aliphatic imine (C=N–C) groups is 1. The van der Waals surface area contributed by atoms with E-state index in [9.17, 15) is 9.59 Å². The Balaban J connectivity index is 2.55. The van der Waals surface area contributed by atoms with Crippen molar-refractivity contribution in [3.8, 4) is 17.1 Å². The van der Waals surface area contributed by atoms with Crippen molar-refractivity contribution in [2.24, 2.45) is 16.5 Å². The number of nitrogens with two attached hydrogens (primary N) is 2. The fraction of sp³-hybridized carbons (Fsp3) is 0.133. The average Bonchev–Trinajstić information content (AvgIpc) is 2.89. The summed E-state index contributed by atoms with van der Waals surface area (Å²) in [4.78, 5) is 26.8. The first kappa shape index (κ1) is 16.1. The lowest BCUT2D eigenvalue weighted by molar-refractivity contribution is -0.114. The minimum atomic E-state index is -0.796. The molecule has 0 aliphatic rings. The third-order valence-electron chi connectivity index (χ3n) is 2.84. The molecular formula is C15H16N4O4. The number of nitrogens with zero attached hydrogens (tertiary/aromatic N) is 1. The molecule has 120 valence electrons. The first-order chi connectivity index (χ1) is 10.9. The monoisotopic (exact) mass is 316 g/mol. The zero-order chi connectivity index (χ0) is 17.0. The van der Waals surface area contributed by atoms with Crippen LogP contribution in [-0.4, -0.2) is 24.9 Å². The molecule has 5 N–H and O–H groups in total. The van der Waals surface area contributed by atoms with E-state index in [1.807, 2.05) is 0 Å². The topological polar surface area (TPSA) is 133 Å². The minimum Gasteiger partial charge on any atom is -0.496 e. The predicted molar refractivity (Wildman–Crippen MR) is 85.1 cm³/mol. The molecule has 0 saturated carbocycles. The van der Waals surface area contributed by atoms with Crippen LogP contribution in [0.2, 0.25) is 0 Å². The molecule has 0 spiro atoms. The van der Waals surface area contributed by atoms with Crippen LogP contribution in [0.1, 0.15) is 17.5 Å². The van der Waals surface area contributed by atoms with Gasteiger partial charge in [0.2, 0.25) is 11.7 Å². The Bertz CT molecular complexity index is 776. The number of guanidine groups is 1. The highest BCUT2D eigenvalue weighted by Crippen LogP contribution is 2.35. The fourth-order valence-electron chi connectivity index (χ4n) is 1.98. The molecule has 2 aromatic rings. The van der Waals surface area contributed by atoms with Crippen molar-refractivity contribution < 1.29 is 18.7 Å². The number of para-hydroxylation sites is 1. The van der Waals surface area contributed by atoms with E-state index in [0.717, 1.165) is 0 Å². The second-order valence-corrected chi connectivity index (χ2v) is 4.58. The lowest BCUT2D eigenvalue weighted by Gasteiger charge is -2.04. The van der Waals surface area contributed by atoms with Gasteiger partial charge in [-0.2, -0.15) is 4.99 Å². The van der Waals surface area contributed by atoms with Gasteiger partial charge in [0.1, 0.15) is 11.5 Å². The van der Waals surface area contributed by atoms with Gasteiger partial charge in [0.05, 0.1) is 18.4 Å². The smallest absolute Gasteiger partial charge is 0.318 e. The van der Waals surface area contributed by atoms with Crippen LogP contribution in [0.15, 0.2) is 39.7 Å². The van der Waals surface area contributed by atoms with Crippen molar-refractivity contribution in [3.05, 3.63) is 36.1 Å². The van der Waals surface area contributed by atoms with Gasteiger partial charge in [-0.05, 0) is 12.1 Å². The van der Waals surface area contributed by atoms with Crippen LogP contribution in [0, 0.1) is 0 Å². The highest BCUT2D eigenvalue weighted by atomic mass is 16.5. The van der Waals surface area contributed by atoms with E-state index in [1.165, 1.54) is 20.1 Å². The molecule has 0 aliphatic carbocycles. The van der Waals surface area contributed by atoms with Gasteiger partial charge in [0.25, 0.3) is 0 Å². The van der Waals surface area contributed by atoms with E-state index in [2.05, 4.69) is 10.3 Å². The van der Waals surface area contributed by atoms with Crippen molar-refractivity contribution in [1.29, 1.82) is 0 Å². The molecule has 1 aromatic heterocycles. The van der Waals surface area contributed by atoms with Crippen molar-refractivity contribution >= 4 is 23.5 Å². The summed E-state index contributed by atoms with van der Waals surface area (Å²) < 4.78 is 10.8. The summed E-state index contributed by atoms with van der Waals surface area (Å²) in [6.07, 6.45) is 0. The molecule has 0 unspecified atom stereocenters. The van der Waals surface area contributed by atoms with Crippen LogP contribution in [0.4, 0.5) is 5.69 Å². The minimum absolute atomic E-state index is 0.172. The Kier molecular flexibility index (Phi) is 4.65. The van der Waals surface area contributed by atoms with E-state index in [0.29, 0.717) is 17.1 Å². The lowest BCUT2D eigenvalue weighted by Crippen LogP contribution is -2.24. The number of carbonyl (C=O) groups is 2. The highest BCUT2D eigenvalue weighted by Gasteiger charge is 2.21. The van der Waals surface area contributed by atoms with E-state index in [1.54, 1.807) is 24.3 Å². The molecule has 0 saturated heterocycles. The summed E-state index contributed by atoms with van der Waals surface area (Å²) >= 11 is 0. The van der Waals surface area contributed by atoms with Gasteiger partial charge < -0.3 is 25.9 Å². The maximum Gasteiger partial charge on any atom is 0.318 e. The zero-order valence-corrected chi connectivity index (χ0v) is 12.6. The molecule has 1 heterocycles. The molecule has 0 bridgehead atoms. The van der Waals surface area contributed by atoms with Gasteiger partial charge in [0, 0.05) is 13.0 Å². The summed E-state index contributed by atoms with van der Waals surface area (Å²) in [7, 11) is 1.52. The second-order valence-electron chi connectivity index (χ2n) is 4.58. The molecular weight excluding hydrogens is 300 g/mol. The molecule has 2 amide bonds. The number of furan rings is 1. The van der Waals surface area contributed by atoms with Gasteiger partial charge in [-0.15, -0.1) is 0 Å². The molecule has 0 fully saturated rings. The number of hydrogen-bond acceptors (Lipinski definition) is 4. The third-order valence-corrected chi connectivity index (χ3v) is 2.84. The number of amides is 2. The summed E-state index contributed by atoms with van der Waals surface area (Å²) in [6.45, 7) is 1.31. The van der Waals surface area contributed by atoms with Crippen molar-refractivity contribution in [3.63, 3.8) is 0 Å². The highest BCUT2D eigenvalue weighted by molar-refractivity contribution is 6.06. The van der Waals surface area contributed by atoms with Gasteiger partial charge in [-0.3, -0.25) is 9.59 Å². The van der Waals surface area contributed by atoms with Crippen LogP contribution in [0.25, 0.3) is 11.3 Å². The summed E-state index contributed by atoms with van der Waals surface area (Å²) in [6, 6.07) is 8.59. The summed E-state index contributed by atoms with van der Waals surface area (Å²) in [5.41, 5.74) is 11.2. The Hall–Kier alpha value is -3.29. The maximum absolute atomic E-state index is 12.0. The molecule has 1 aromatic carbocycles. The predicted octanol–water partition coefficient (Wildman–Crippen LogP) is 1.33. The Morgan fingerprint density at radius 3 is 2.57 bits per heavy atom. The average molecular weight is 316 g/mol. The molecule has 23 heavy (non-hydrogen) atoms. The van der Waals surface area contributed by atoms with Crippen LogP contribution in [0.3, 0.4) is 0 Å². The van der Waals surface area contributed by atoms with Crippen LogP contribution in [-0.2, 0) is 4.79 Å². The summed E-state index contributed by atoms with van der Waals surface area (Å²) in [5, 5.41) is 2.51. The normalized spacial score (nSPS) is 10.0. The zero-order valence-electron chi connectivity index (χ0n) is 12.6. The second kappa shape index (κ2) is 6.65. The number of benzene rings is 1. The number of anilines is 1. The van der Waals surface area contributed by atoms with Crippen LogP contribution >= 0.6 is 0 Å². The van der Waals surface area contributed by atoms with Crippen LogP contribution in [0.5, 0.6) is 5.75 Å². The number of methoxy groups -OCH3 is 1. The number of rotatable bonds is 4.